The van der Waals surface area contributed by atoms with Gasteiger partial charge in [0.1, 0.15) is 0 Å². The molecule has 0 aliphatic carbocycles. The Bertz CT molecular complexity index is 607. The highest BCUT2D eigenvalue weighted by atomic mass is 16.2. The molecule has 110 valence electrons. The molecule has 0 aromatic carbocycles. The lowest BCUT2D eigenvalue weighted by Crippen LogP contribution is -2.43. The van der Waals surface area contributed by atoms with Crippen molar-refractivity contribution in [2.24, 2.45) is 0 Å². The molecule has 1 aliphatic heterocycles. The Labute approximate surface area is 123 Å². The van der Waals surface area contributed by atoms with E-state index in [1.807, 2.05) is 25.1 Å². The van der Waals surface area contributed by atoms with Crippen LogP contribution in [0.5, 0.6) is 0 Å². The van der Waals surface area contributed by atoms with Gasteiger partial charge in [0.2, 0.25) is 0 Å². The van der Waals surface area contributed by atoms with Gasteiger partial charge in [-0.05, 0) is 19.1 Å². The lowest BCUT2D eigenvalue weighted by atomic mass is 10.2. The fourth-order valence-electron chi connectivity index (χ4n) is 2.19. The predicted octanol–water partition coefficient (Wildman–Crippen LogP) is 0.480. The molecule has 3 rings (SSSR count). The normalized spacial score (nSPS) is 14.7. The third-order valence-corrected chi connectivity index (χ3v) is 3.61. The van der Waals surface area contributed by atoms with Gasteiger partial charge in [0, 0.05) is 25.8 Å². The Morgan fingerprint density at radius 1 is 1.48 bits per heavy atom. The molecule has 2 aromatic rings. The standard InChI is InChI=1S/C14H18N6O/c1-2-19(9-11-5-3-4-6-16-11)14(21)13-10-20(18-17-13)12-7-15-8-12/h3-6,10,12,15H,2,7-9H2,1H3. The molecule has 2 aromatic heterocycles. The van der Waals surface area contributed by atoms with E-state index in [9.17, 15) is 4.79 Å². The lowest BCUT2D eigenvalue weighted by Gasteiger charge is -2.26. The Morgan fingerprint density at radius 3 is 2.95 bits per heavy atom. The summed E-state index contributed by atoms with van der Waals surface area (Å²) in [6.07, 6.45) is 3.46. The molecule has 0 saturated carbocycles. The maximum atomic E-state index is 12.5. The number of nitrogens with zero attached hydrogens (tertiary/aromatic N) is 5. The van der Waals surface area contributed by atoms with Crippen LogP contribution in [-0.2, 0) is 6.54 Å². The van der Waals surface area contributed by atoms with E-state index in [2.05, 4.69) is 20.6 Å². The van der Waals surface area contributed by atoms with Crippen molar-refractivity contribution >= 4 is 5.91 Å². The van der Waals surface area contributed by atoms with Gasteiger partial charge in [0.25, 0.3) is 5.91 Å². The summed E-state index contributed by atoms with van der Waals surface area (Å²) >= 11 is 0. The summed E-state index contributed by atoms with van der Waals surface area (Å²) in [7, 11) is 0. The summed E-state index contributed by atoms with van der Waals surface area (Å²) in [6.45, 7) is 4.78. The number of aromatic nitrogens is 4. The third kappa shape index (κ3) is 2.92. The molecule has 21 heavy (non-hydrogen) atoms. The molecule has 1 fully saturated rings. The van der Waals surface area contributed by atoms with Crippen LogP contribution in [0.15, 0.2) is 30.6 Å². The molecule has 1 N–H and O–H groups in total. The number of rotatable bonds is 5. The van der Waals surface area contributed by atoms with Gasteiger partial charge in [-0.2, -0.15) is 0 Å². The van der Waals surface area contributed by atoms with Crippen LogP contribution in [-0.4, -0.2) is 50.4 Å². The number of hydrogen-bond acceptors (Lipinski definition) is 5. The second-order valence-corrected chi connectivity index (χ2v) is 5.04. The molecule has 7 heteroatoms. The third-order valence-electron chi connectivity index (χ3n) is 3.61. The monoisotopic (exact) mass is 286 g/mol. The zero-order valence-corrected chi connectivity index (χ0v) is 11.9. The smallest absolute Gasteiger partial charge is 0.276 e. The van der Waals surface area contributed by atoms with Crippen molar-refractivity contribution in [2.75, 3.05) is 19.6 Å². The lowest BCUT2D eigenvalue weighted by molar-refractivity contribution is 0.0744. The molecule has 0 spiro atoms. The van der Waals surface area contributed by atoms with Crippen molar-refractivity contribution in [3.8, 4) is 0 Å². The van der Waals surface area contributed by atoms with E-state index >= 15 is 0 Å². The largest absolute Gasteiger partial charge is 0.332 e. The highest BCUT2D eigenvalue weighted by Gasteiger charge is 2.23. The molecular formula is C14H18N6O. The molecule has 0 atom stereocenters. The quantitative estimate of drug-likeness (QED) is 0.865. The first kappa shape index (κ1) is 13.7. The minimum atomic E-state index is -0.110. The summed E-state index contributed by atoms with van der Waals surface area (Å²) in [6, 6.07) is 6.00. The predicted molar refractivity (Wildman–Crippen MR) is 76.6 cm³/mol. The van der Waals surface area contributed by atoms with Crippen molar-refractivity contribution < 1.29 is 4.79 Å². The molecule has 3 heterocycles. The fourth-order valence-corrected chi connectivity index (χ4v) is 2.19. The van der Waals surface area contributed by atoms with Crippen molar-refractivity contribution in [3.63, 3.8) is 0 Å². The van der Waals surface area contributed by atoms with Crippen molar-refractivity contribution in [3.05, 3.63) is 42.0 Å². The number of pyridine rings is 1. The van der Waals surface area contributed by atoms with E-state index in [0.29, 0.717) is 24.8 Å². The van der Waals surface area contributed by atoms with E-state index in [1.165, 1.54) is 0 Å². The Morgan fingerprint density at radius 2 is 2.33 bits per heavy atom. The van der Waals surface area contributed by atoms with Crippen LogP contribution in [0.1, 0.15) is 29.1 Å². The van der Waals surface area contributed by atoms with Gasteiger partial charge in [-0.1, -0.05) is 11.3 Å². The second-order valence-electron chi connectivity index (χ2n) is 5.04. The first-order chi connectivity index (χ1) is 10.3. The van der Waals surface area contributed by atoms with E-state index in [4.69, 9.17) is 0 Å². The average Bonchev–Trinajstić information content (AvgIpc) is 2.92. The fraction of sp³-hybridized carbons (Fsp3) is 0.429. The van der Waals surface area contributed by atoms with Crippen LogP contribution in [0.2, 0.25) is 0 Å². The highest BCUT2D eigenvalue weighted by Crippen LogP contribution is 2.12. The average molecular weight is 286 g/mol. The number of carbonyl (C=O) groups is 1. The van der Waals surface area contributed by atoms with Crippen LogP contribution in [0.4, 0.5) is 0 Å². The van der Waals surface area contributed by atoms with E-state index in [0.717, 1.165) is 18.8 Å². The Balaban J connectivity index is 1.71. The zero-order chi connectivity index (χ0) is 14.7. The maximum absolute atomic E-state index is 12.5. The topological polar surface area (TPSA) is 75.9 Å². The number of nitrogens with one attached hydrogen (secondary N) is 1. The summed E-state index contributed by atoms with van der Waals surface area (Å²) in [5, 5.41) is 11.2. The van der Waals surface area contributed by atoms with Gasteiger partial charge in [-0.25, -0.2) is 4.68 Å². The summed E-state index contributed by atoms with van der Waals surface area (Å²) in [5.74, 6) is -0.110. The number of carbonyl (C=O) groups excluding carboxylic acids is 1. The SMILES string of the molecule is CCN(Cc1ccccn1)C(=O)c1cn(C2CNC2)nn1. The second kappa shape index (κ2) is 6.01. The molecule has 0 radical (unpaired) electrons. The van der Waals surface area contributed by atoms with Crippen molar-refractivity contribution in [1.82, 2.24) is 30.2 Å². The summed E-state index contributed by atoms with van der Waals surface area (Å²) in [5.41, 5.74) is 1.25. The van der Waals surface area contributed by atoms with Crippen LogP contribution >= 0.6 is 0 Å². The van der Waals surface area contributed by atoms with Gasteiger partial charge in [-0.15, -0.1) is 5.10 Å². The molecule has 1 saturated heterocycles. The molecule has 0 bridgehead atoms. The first-order valence-corrected chi connectivity index (χ1v) is 7.09. The van der Waals surface area contributed by atoms with E-state index in [-0.39, 0.29) is 5.91 Å². The molecule has 7 nitrogen and oxygen atoms in total. The summed E-state index contributed by atoms with van der Waals surface area (Å²) in [4.78, 5) is 18.5. The van der Waals surface area contributed by atoms with Gasteiger partial charge in [0.15, 0.2) is 5.69 Å². The van der Waals surface area contributed by atoms with Gasteiger partial charge >= 0.3 is 0 Å². The van der Waals surface area contributed by atoms with E-state index < -0.39 is 0 Å². The maximum Gasteiger partial charge on any atom is 0.276 e. The van der Waals surface area contributed by atoms with Crippen LogP contribution < -0.4 is 5.32 Å². The highest BCUT2D eigenvalue weighted by molar-refractivity contribution is 5.91. The van der Waals surface area contributed by atoms with Crippen LogP contribution in [0.25, 0.3) is 0 Å². The molecular weight excluding hydrogens is 268 g/mol. The van der Waals surface area contributed by atoms with E-state index in [1.54, 1.807) is 22.0 Å². The van der Waals surface area contributed by atoms with Crippen LogP contribution in [0.3, 0.4) is 0 Å². The van der Waals surface area contributed by atoms with Crippen molar-refractivity contribution in [2.45, 2.75) is 19.5 Å². The zero-order valence-electron chi connectivity index (χ0n) is 11.9. The van der Waals surface area contributed by atoms with Gasteiger partial charge in [-0.3, -0.25) is 9.78 Å². The molecule has 1 amide bonds. The molecule has 0 unspecified atom stereocenters. The summed E-state index contributed by atoms with van der Waals surface area (Å²) < 4.78 is 1.76. The Hall–Kier alpha value is -2.28. The molecule has 1 aliphatic rings. The Kier molecular flexibility index (Phi) is 3.92. The number of amides is 1. The minimum absolute atomic E-state index is 0.110. The van der Waals surface area contributed by atoms with Crippen molar-refractivity contribution in [1.29, 1.82) is 0 Å². The van der Waals surface area contributed by atoms with Gasteiger partial charge < -0.3 is 10.2 Å². The number of hydrogen-bond donors (Lipinski definition) is 1. The van der Waals surface area contributed by atoms with Crippen LogP contribution in [0, 0.1) is 0 Å². The minimum Gasteiger partial charge on any atom is -0.332 e. The first-order valence-electron chi connectivity index (χ1n) is 7.09. The van der Waals surface area contributed by atoms with Gasteiger partial charge in [0.05, 0.1) is 24.5 Å².